The molecule has 82 valence electrons. The van der Waals surface area contributed by atoms with E-state index >= 15 is 0 Å². The molecule has 1 aromatic heterocycles. The molecule has 0 fully saturated rings. The van der Waals surface area contributed by atoms with Crippen molar-refractivity contribution in [1.82, 2.24) is 4.98 Å². The zero-order valence-corrected chi connectivity index (χ0v) is 10.2. The number of anilines is 1. The van der Waals surface area contributed by atoms with Crippen LogP contribution in [0, 0.1) is 0 Å². The van der Waals surface area contributed by atoms with Crippen LogP contribution in [0.5, 0.6) is 0 Å². The molecule has 0 amide bonds. The van der Waals surface area contributed by atoms with Gasteiger partial charge >= 0.3 is 0 Å². The van der Waals surface area contributed by atoms with Gasteiger partial charge in [0.05, 0.1) is 0 Å². The third-order valence-electron chi connectivity index (χ3n) is 2.43. The summed E-state index contributed by atoms with van der Waals surface area (Å²) in [6.45, 7) is 0.390. The number of rotatable bonds is 2. The number of hydrogen-bond donors (Lipinski definition) is 2. The van der Waals surface area contributed by atoms with Gasteiger partial charge in [0.1, 0.15) is 5.82 Å². The first-order chi connectivity index (χ1) is 7.72. The molecule has 1 aromatic carbocycles. The molecule has 0 aliphatic carbocycles. The van der Waals surface area contributed by atoms with Crippen LogP contribution >= 0.6 is 15.9 Å². The lowest BCUT2D eigenvalue weighted by atomic mass is 10.0. The van der Waals surface area contributed by atoms with Crippen LogP contribution in [-0.2, 0) is 6.54 Å². The maximum absolute atomic E-state index is 5.80. The van der Waals surface area contributed by atoms with Crippen LogP contribution in [0.1, 0.15) is 5.56 Å². The first kappa shape index (κ1) is 11.1. The van der Waals surface area contributed by atoms with Crippen LogP contribution in [0.4, 0.5) is 5.82 Å². The van der Waals surface area contributed by atoms with Crippen LogP contribution in [0.25, 0.3) is 11.1 Å². The van der Waals surface area contributed by atoms with Gasteiger partial charge in [0, 0.05) is 22.8 Å². The highest BCUT2D eigenvalue weighted by Crippen LogP contribution is 2.27. The van der Waals surface area contributed by atoms with E-state index in [-0.39, 0.29) is 0 Å². The highest BCUT2D eigenvalue weighted by atomic mass is 79.9. The average molecular weight is 278 g/mol. The van der Waals surface area contributed by atoms with Crippen molar-refractivity contribution in [3.8, 4) is 11.1 Å². The van der Waals surface area contributed by atoms with Gasteiger partial charge in [-0.1, -0.05) is 28.1 Å². The second-order valence-electron chi connectivity index (χ2n) is 3.44. The quantitative estimate of drug-likeness (QED) is 0.887. The second-order valence-corrected chi connectivity index (χ2v) is 4.35. The highest BCUT2D eigenvalue weighted by Gasteiger charge is 2.07. The maximum Gasteiger partial charge on any atom is 0.128 e. The Bertz CT molecular complexity index is 511. The number of nitrogen functional groups attached to an aromatic ring is 1. The van der Waals surface area contributed by atoms with Crippen molar-refractivity contribution in [1.29, 1.82) is 0 Å². The summed E-state index contributed by atoms with van der Waals surface area (Å²) in [4.78, 5) is 4.04. The smallest absolute Gasteiger partial charge is 0.128 e. The molecule has 0 bridgehead atoms. The fourth-order valence-corrected chi connectivity index (χ4v) is 2.05. The van der Waals surface area contributed by atoms with Crippen molar-refractivity contribution in [3.05, 3.63) is 46.6 Å². The molecule has 0 radical (unpaired) electrons. The topological polar surface area (TPSA) is 64.9 Å². The minimum Gasteiger partial charge on any atom is -0.383 e. The van der Waals surface area contributed by atoms with Gasteiger partial charge in [-0.15, -0.1) is 0 Å². The van der Waals surface area contributed by atoms with E-state index in [1.54, 1.807) is 6.20 Å². The lowest BCUT2D eigenvalue weighted by molar-refractivity contribution is 1.06. The molecule has 0 saturated carbocycles. The summed E-state index contributed by atoms with van der Waals surface area (Å²) in [5.41, 5.74) is 14.5. The van der Waals surface area contributed by atoms with Crippen LogP contribution in [0.3, 0.4) is 0 Å². The number of benzene rings is 1. The molecule has 0 spiro atoms. The molecule has 0 atom stereocenters. The van der Waals surface area contributed by atoms with Gasteiger partial charge in [0.25, 0.3) is 0 Å². The highest BCUT2D eigenvalue weighted by molar-refractivity contribution is 9.10. The van der Waals surface area contributed by atoms with Gasteiger partial charge < -0.3 is 11.5 Å². The van der Waals surface area contributed by atoms with E-state index in [2.05, 4.69) is 20.9 Å². The predicted molar refractivity (Wildman–Crippen MR) is 69.7 cm³/mol. The molecule has 0 aliphatic rings. The van der Waals surface area contributed by atoms with Crippen molar-refractivity contribution in [2.45, 2.75) is 6.54 Å². The summed E-state index contributed by atoms with van der Waals surface area (Å²) in [5, 5.41) is 0. The average Bonchev–Trinajstić information content (AvgIpc) is 2.28. The van der Waals surface area contributed by atoms with Crippen molar-refractivity contribution in [3.63, 3.8) is 0 Å². The molecule has 0 saturated heterocycles. The van der Waals surface area contributed by atoms with E-state index in [0.717, 1.165) is 21.2 Å². The van der Waals surface area contributed by atoms with Crippen LogP contribution < -0.4 is 11.5 Å². The van der Waals surface area contributed by atoms with Crippen LogP contribution in [-0.4, -0.2) is 4.98 Å². The molecule has 2 aromatic rings. The zero-order chi connectivity index (χ0) is 11.5. The molecular weight excluding hydrogens is 266 g/mol. The Morgan fingerprint density at radius 1 is 1.25 bits per heavy atom. The number of nitrogens with two attached hydrogens (primary N) is 2. The Morgan fingerprint density at radius 2 is 2.06 bits per heavy atom. The Morgan fingerprint density at radius 3 is 2.75 bits per heavy atom. The molecular formula is C12H12BrN3. The molecule has 1 heterocycles. The van der Waals surface area contributed by atoms with Crippen molar-refractivity contribution in [2.24, 2.45) is 5.73 Å². The molecule has 3 nitrogen and oxygen atoms in total. The van der Waals surface area contributed by atoms with Crippen LogP contribution in [0.2, 0.25) is 0 Å². The number of pyridine rings is 1. The summed E-state index contributed by atoms with van der Waals surface area (Å²) in [7, 11) is 0. The minimum absolute atomic E-state index is 0.390. The Kier molecular flexibility index (Phi) is 3.22. The second kappa shape index (κ2) is 4.63. The van der Waals surface area contributed by atoms with E-state index in [4.69, 9.17) is 11.5 Å². The SMILES string of the molecule is NCc1c(-c2cccc(Br)c2)ccnc1N. The number of aromatic nitrogens is 1. The van der Waals surface area contributed by atoms with Crippen LogP contribution in [0.15, 0.2) is 41.0 Å². The first-order valence-electron chi connectivity index (χ1n) is 4.91. The standard InChI is InChI=1S/C12H12BrN3/c13-9-3-1-2-8(6-9)10-4-5-16-12(15)11(10)7-14/h1-6H,7,14H2,(H2,15,16). The largest absolute Gasteiger partial charge is 0.383 e. The third kappa shape index (κ3) is 2.08. The fourth-order valence-electron chi connectivity index (χ4n) is 1.65. The van der Waals surface area contributed by atoms with Gasteiger partial charge in [-0.2, -0.15) is 0 Å². The summed E-state index contributed by atoms with van der Waals surface area (Å²) in [6.07, 6.45) is 1.70. The number of hydrogen-bond acceptors (Lipinski definition) is 3. The van der Waals surface area contributed by atoms with E-state index in [1.165, 1.54) is 0 Å². The van der Waals surface area contributed by atoms with Gasteiger partial charge in [0.2, 0.25) is 0 Å². The molecule has 0 aliphatic heterocycles. The van der Waals surface area contributed by atoms with Gasteiger partial charge in [-0.3, -0.25) is 0 Å². The lowest BCUT2D eigenvalue weighted by Crippen LogP contribution is -2.05. The normalized spacial score (nSPS) is 10.4. The van der Waals surface area contributed by atoms with E-state index < -0.39 is 0 Å². The minimum atomic E-state index is 0.390. The third-order valence-corrected chi connectivity index (χ3v) is 2.92. The van der Waals surface area contributed by atoms with Gasteiger partial charge in [0.15, 0.2) is 0 Å². The Balaban J connectivity index is 2.60. The van der Waals surface area contributed by atoms with E-state index in [1.807, 2.05) is 30.3 Å². The molecule has 4 N–H and O–H groups in total. The maximum atomic E-state index is 5.80. The first-order valence-corrected chi connectivity index (χ1v) is 5.71. The summed E-state index contributed by atoms with van der Waals surface area (Å²) in [5.74, 6) is 0.500. The summed E-state index contributed by atoms with van der Waals surface area (Å²) < 4.78 is 1.03. The summed E-state index contributed by atoms with van der Waals surface area (Å²) in [6, 6.07) is 9.96. The number of halogens is 1. The molecule has 2 rings (SSSR count). The van der Waals surface area contributed by atoms with Crippen molar-refractivity contribution >= 4 is 21.7 Å². The lowest BCUT2D eigenvalue weighted by Gasteiger charge is -2.10. The zero-order valence-electron chi connectivity index (χ0n) is 8.65. The predicted octanol–water partition coefficient (Wildman–Crippen LogP) is 2.55. The molecule has 4 heteroatoms. The van der Waals surface area contributed by atoms with Gasteiger partial charge in [-0.25, -0.2) is 4.98 Å². The van der Waals surface area contributed by atoms with Crippen molar-refractivity contribution in [2.75, 3.05) is 5.73 Å². The summed E-state index contributed by atoms with van der Waals surface area (Å²) >= 11 is 3.45. The molecule has 0 unspecified atom stereocenters. The molecule has 16 heavy (non-hydrogen) atoms. The van der Waals surface area contributed by atoms with Gasteiger partial charge in [-0.05, 0) is 29.3 Å². The Labute approximate surface area is 103 Å². The number of nitrogens with zero attached hydrogens (tertiary/aromatic N) is 1. The van der Waals surface area contributed by atoms with E-state index in [9.17, 15) is 0 Å². The fraction of sp³-hybridized carbons (Fsp3) is 0.0833. The van der Waals surface area contributed by atoms with Crippen molar-refractivity contribution < 1.29 is 0 Å². The Hall–Kier alpha value is -1.39. The van der Waals surface area contributed by atoms with E-state index in [0.29, 0.717) is 12.4 Å². The monoisotopic (exact) mass is 277 g/mol.